The number of carbonyl (C=O) groups excluding carboxylic acids is 1. The van der Waals surface area contributed by atoms with E-state index in [9.17, 15) is 4.79 Å². The predicted molar refractivity (Wildman–Crippen MR) is 110 cm³/mol. The molecule has 0 atom stereocenters. The van der Waals surface area contributed by atoms with Crippen LogP contribution in [0.2, 0.25) is 0 Å². The SMILES string of the molecule is Cc1ccc(-n2c(SCC(=O)N3CCC(C)CC3)nnc2-c2ccco2)cc1. The van der Waals surface area contributed by atoms with E-state index in [1.165, 1.54) is 17.3 Å². The van der Waals surface area contributed by atoms with Gasteiger partial charge in [0.1, 0.15) is 0 Å². The summed E-state index contributed by atoms with van der Waals surface area (Å²) in [6, 6.07) is 11.9. The van der Waals surface area contributed by atoms with E-state index in [1.807, 2.05) is 33.7 Å². The lowest BCUT2D eigenvalue weighted by molar-refractivity contribution is -0.129. The lowest BCUT2D eigenvalue weighted by atomic mass is 9.99. The maximum Gasteiger partial charge on any atom is 0.233 e. The van der Waals surface area contributed by atoms with Crippen LogP contribution in [0.15, 0.2) is 52.2 Å². The maximum absolute atomic E-state index is 12.6. The fourth-order valence-electron chi connectivity index (χ4n) is 3.33. The second-order valence-corrected chi connectivity index (χ2v) is 8.25. The molecule has 0 saturated carbocycles. The van der Waals surface area contributed by atoms with Crippen LogP contribution in [-0.2, 0) is 4.79 Å². The molecule has 0 N–H and O–H groups in total. The molecule has 2 aromatic heterocycles. The number of aromatic nitrogens is 3. The summed E-state index contributed by atoms with van der Waals surface area (Å²) >= 11 is 1.42. The zero-order valence-electron chi connectivity index (χ0n) is 16.2. The number of hydrogen-bond donors (Lipinski definition) is 0. The van der Waals surface area contributed by atoms with Crippen LogP contribution in [-0.4, -0.2) is 44.4 Å². The number of aryl methyl sites for hydroxylation is 1. The Labute approximate surface area is 168 Å². The van der Waals surface area contributed by atoms with Gasteiger partial charge in [0.05, 0.1) is 12.0 Å². The van der Waals surface area contributed by atoms with Crippen LogP contribution in [0.25, 0.3) is 17.3 Å². The van der Waals surface area contributed by atoms with Crippen LogP contribution >= 0.6 is 11.8 Å². The average Bonchev–Trinajstić information content (AvgIpc) is 3.37. The summed E-state index contributed by atoms with van der Waals surface area (Å²) in [4.78, 5) is 14.6. The number of piperidine rings is 1. The third-order valence-electron chi connectivity index (χ3n) is 5.13. The number of amides is 1. The van der Waals surface area contributed by atoms with Gasteiger partial charge >= 0.3 is 0 Å². The molecule has 3 aromatic rings. The van der Waals surface area contributed by atoms with E-state index in [2.05, 4.69) is 36.2 Å². The van der Waals surface area contributed by atoms with Crippen LogP contribution in [0.3, 0.4) is 0 Å². The van der Waals surface area contributed by atoms with Gasteiger partial charge in [-0.2, -0.15) is 0 Å². The number of carbonyl (C=O) groups is 1. The van der Waals surface area contributed by atoms with E-state index >= 15 is 0 Å². The molecule has 1 fully saturated rings. The molecule has 28 heavy (non-hydrogen) atoms. The van der Waals surface area contributed by atoms with Gasteiger partial charge in [-0.3, -0.25) is 9.36 Å². The number of nitrogens with zero attached hydrogens (tertiary/aromatic N) is 4. The normalized spacial score (nSPS) is 15.1. The first kappa shape index (κ1) is 18.8. The standard InChI is InChI=1S/C21H24N4O2S/c1-15-5-7-17(8-6-15)25-20(18-4-3-13-27-18)22-23-21(25)28-14-19(26)24-11-9-16(2)10-12-24/h3-8,13,16H,9-12,14H2,1-2H3. The largest absolute Gasteiger partial charge is 0.461 e. The summed E-state index contributed by atoms with van der Waals surface area (Å²) in [7, 11) is 0. The molecule has 0 aliphatic carbocycles. The molecule has 0 spiro atoms. The van der Waals surface area contributed by atoms with Gasteiger partial charge in [-0.25, -0.2) is 0 Å². The van der Waals surface area contributed by atoms with Gasteiger partial charge in [0.25, 0.3) is 0 Å². The van der Waals surface area contributed by atoms with E-state index in [4.69, 9.17) is 4.42 Å². The smallest absolute Gasteiger partial charge is 0.233 e. The summed E-state index contributed by atoms with van der Waals surface area (Å²) in [5.41, 5.74) is 2.13. The van der Waals surface area contributed by atoms with Crippen LogP contribution in [0.1, 0.15) is 25.3 Å². The van der Waals surface area contributed by atoms with E-state index < -0.39 is 0 Å². The van der Waals surface area contributed by atoms with Crippen molar-refractivity contribution in [1.82, 2.24) is 19.7 Å². The van der Waals surface area contributed by atoms with Gasteiger partial charge in [-0.1, -0.05) is 36.4 Å². The van der Waals surface area contributed by atoms with Gasteiger partial charge in [0.2, 0.25) is 11.7 Å². The van der Waals surface area contributed by atoms with Crippen molar-refractivity contribution < 1.29 is 9.21 Å². The Morgan fingerprint density at radius 3 is 2.61 bits per heavy atom. The fraction of sp³-hybridized carbons (Fsp3) is 0.381. The van der Waals surface area contributed by atoms with Crippen LogP contribution < -0.4 is 0 Å². The first-order valence-electron chi connectivity index (χ1n) is 9.58. The third kappa shape index (κ3) is 3.99. The van der Waals surface area contributed by atoms with Crippen LogP contribution in [0.4, 0.5) is 0 Å². The molecule has 1 aromatic carbocycles. The molecule has 1 aliphatic heterocycles. The summed E-state index contributed by atoms with van der Waals surface area (Å²) in [6.45, 7) is 6.00. The van der Waals surface area contributed by atoms with Crippen molar-refractivity contribution in [3.05, 3.63) is 48.2 Å². The molecule has 1 aliphatic rings. The molecule has 0 radical (unpaired) electrons. The highest BCUT2D eigenvalue weighted by molar-refractivity contribution is 7.99. The topological polar surface area (TPSA) is 64.2 Å². The van der Waals surface area contributed by atoms with Crippen molar-refractivity contribution in [2.45, 2.75) is 31.8 Å². The van der Waals surface area contributed by atoms with Gasteiger partial charge in [-0.05, 0) is 49.9 Å². The Morgan fingerprint density at radius 1 is 1.18 bits per heavy atom. The third-order valence-corrected chi connectivity index (χ3v) is 6.04. The van der Waals surface area contributed by atoms with Crippen molar-refractivity contribution in [3.8, 4) is 17.3 Å². The second kappa shape index (κ2) is 8.22. The Hall–Kier alpha value is -2.54. The molecule has 0 unspecified atom stereocenters. The molecule has 1 saturated heterocycles. The first-order valence-corrected chi connectivity index (χ1v) is 10.6. The van der Waals surface area contributed by atoms with Gasteiger partial charge < -0.3 is 9.32 Å². The van der Waals surface area contributed by atoms with E-state index in [-0.39, 0.29) is 5.91 Å². The molecule has 146 valence electrons. The summed E-state index contributed by atoms with van der Waals surface area (Å²) in [5, 5.41) is 9.37. The molecule has 0 bridgehead atoms. The van der Waals surface area contributed by atoms with E-state index in [0.29, 0.717) is 28.4 Å². The Balaban J connectivity index is 1.57. The minimum absolute atomic E-state index is 0.162. The highest BCUT2D eigenvalue weighted by Crippen LogP contribution is 2.29. The van der Waals surface area contributed by atoms with Crippen LogP contribution in [0, 0.1) is 12.8 Å². The molecule has 4 rings (SSSR count). The maximum atomic E-state index is 12.6. The van der Waals surface area contributed by atoms with Gasteiger partial charge in [0.15, 0.2) is 10.9 Å². The van der Waals surface area contributed by atoms with E-state index in [0.717, 1.165) is 31.6 Å². The Bertz CT molecular complexity index is 926. The van der Waals surface area contributed by atoms with Crippen molar-refractivity contribution in [1.29, 1.82) is 0 Å². The molecule has 1 amide bonds. The number of benzene rings is 1. The highest BCUT2D eigenvalue weighted by Gasteiger charge is 2.23. The number of rotatable bonds is 5. The monoisotopic (exact) mass is 396 g/mol. The highest BCUT2D eigenvalue weighted by atomic mass is 32.2. The van der Waals surface area contributed by atoms with Crippen molar-refractivity contribution in [3.63, 3.8) is 0 Å². The molecule has 7 heteroatoms. The number of hydrogen-bond acceptors (Lipinski definition) is 5. The summed E-state index contributed by atoms with van der Waals surface area (Å²) in [5.74, 6) is 2.51. The number of thioether (sulfide) groups is 1. The molecule has 6 nitrogen and oxygen atoms in total. The fourth-order valence-corrected chi connectivity index (χ4v) is 4.19. The lowest BCUT2D eigenvalue weighted by Crippen LogP contribution is -2.38. The second-order valence-electron chi connectivity index (χ2n) is 7.31. The van der Waals surface area contributed by atoms with E-state index in [1.54, 1.807) is 6.26 Å². The molecular weight excluding hydrogens is 372 g/mol. The molecule has 3 heterocycles. The van der Waals surface area contributed by atoms with Crippen molar-refractivity contribution in [2.75, 3.05) is 18.8 Å². The van der Waals surface area contributed by atoms with Gasteiger partial charge in [0, 0.05) is 18.8 Å². The van der Waals surface area contributed by atoms with Crippen molar-refractivity contribution in [2.24, 2.45) is 5.92 Å². The lowest BCUT2D eigenvalue weighted by Gasteiger charge is -2.30. The summed E-state index contributed by atoms with van der Waals surface area (Å²) in [6.07, 6.45) is 3.79. The summed E-state index contributed by atoms with van der Waals surface area (Å²) < 4.78 is 7.49. The zero-order chi connectivity index (χ0) is 19.5. The van der Waals surface area contributed by atoms with Gasteiger partial charge in [-0.15, -0.1) is 10.2 Å². The minimum atomic E-state index is 0.162. The quantitative estimate of drug-likeness (QED) is 0.605. The average molecular weight is 397 g/mol. The minimum Gasteiger partial charge on any atom is -0.461 e. The predicted octanol–water partition coefficient (Wildman–Crippen LogP) is 4.19. The van der Waals surface area contributed by atoms with Crippen LogP contribution in [0.5, 0.6) is 0 Å². The number of likely N-dealkylation sites (tertiary alicyclic amines) is 1. The molecular formula is C21H24N4O2S. The Kier molecular flexibility index (Phi) is 5.52. The van der Waals surface area contributed by atoms with Crippen molar-refractivity contribution >= 4 is 17.7 Å². The number of furan rings is 1. The zero-order valence-corrected chi connectivity index (χ0v) is 17.0. The Morgan fingerprint density at radius 2 is 1.93 bits per heavy atom. The first-order chi connectivity index (χ1) is 13.6.